The van der Waals surface area contributed by atoms with Crippen LogP contribution >= 0.6 is 11.6 Å². The number of nitrogens with one attached hydrogen (secondary N) is 1. The predicted molar refractivity (Wildman–Crippen MR) is 104 cm³/mol. The number of carboxylic acid groups (broad SMARTS) is 1. The van der Waals surface area contributed by atoms with E-state index in [4.69, 9.17) is 21.4 Å². The Balaban J connectivity index is 1.80. The number of hydrogen-bond donors (Lipinski definition) is 2. The summed E-state index contributed by atoms with van der Waals surface area (Å²) in [4.78, 5) is 10.6. The molecule has 1 aliphatic heterocycles. The van der Waals surface area contributed by atoms with Crippen LogP contribution in [0.3, 0.4) is 0 Å². The van der Waals surface area contributed by atoms with Gasteiger partial charge >= 0.3 is 12.1 Å². The summed E-state index contributed by atoms with van der Waals surface area (Å²) < 4.78 is 45.3. The van der Waals surface area contributed by atoms with Crippen LogP contribution in [0, 0.1) is 0 Å². The number of ether oxygens (including phenoxy) is 1. The largest absolute Gasteiger partial charge is 0.487 e. The quantitative estimate of drug-likeness (QED) is 0.661. The number of hydrazine groups is 1. The fourth-order valence-corrected chi connectivity index (χ4v) is 2.92. The number of para-hydroxylation sites is 1. The number of carboxylic acids is 1. The summed E-state index contributed by atoms with van der Waals surface area (Å²) in [5.41, 5.74) is 3.59. The maximum absolute atomic E-state index is 13.2. The molecule has 0 bridgehead atoms. The first kappa shape index (κ1) is 20.8. The molecule has 1 aliphatic rings. The van der Waals surface area contributed by atoms with Crippen molar-refractivity contribution in [3.8, 4) is 5.75 Å². The summed E-state index contributed by atoms with van der Waals surface area (Å²) in [5.74, 6) is -0.708. The number of hydrogen-bond acceptors (Lipinski definition) is 4. The third-order valence-electron chi connectivity index (χ3n) is 4.02. The molecule has 9 heteroatoms. The molecule has 0 aliphatic carbocycles. The Hall–Kier alpha value is -2.97. The Labute approximate surface area is 169 Å². The Morgan fingerprint density at radius 2 is 2.00 bits per heavy atom. The summed E-state index contributed by atoms with van der Waals surface area (Å²) in [6.45, 7) is -0.156. The molecule has 0 saturated carbocycles. The van der Waals surface area contributed by atoms with E-state index >= 15 is 0 Å². The van der Waals surface area contributed by atoms with Crippen LogP contribution in [0.1, 0.15) is 5.56 Å². The smallest absolute Gasteiger partial charge is 0.409 e. The summed E-state index contributed by atoms with van der Waals surface area (Å²) in [6, 6.07) is 11.2. The molecular formula is C20H16ClF3N2O3. The van der Waals surface area contributed by atoms with Crippen LogP contribution in [0.2, 0.25) is 5.02 Å². The second-order valence-electron chi connectivity index (χ2n) is 6.13. The van der Waals surface area contributed by atoms with E-state index < -0.39 is 18.2 Å². The molecule has 3 rings (SSSR count). The van der Waals surface area contributed by atoms with Crippen molar-refractivity contribution in [3.05, 3.63) is 77.0 Å². The van der Waals surface area contributed by atoms with Gasteiger partial charge in [-0.1, -0.05) is 35.9 Å². The summed E-state index contributed by atoms with van der Waals surface area (Å²) in [6.07, 6.45) is -1.07. The Bertz CT molecular complexity index is 960. The van der Waals surface area contributed by atoms with Gasteiger partial charge in [-0.2, -0.15) is 13.2 Å². The highest BCUT2D eigenvalue weighted by atomic mass is 35.5. The van der Waals surface area contributed by atoms with Crippen molar-refractivity contribution in [1.29, 1.82) is 0 Å². The van der Waals surface area contributed by atoms with Crippen molar-refractivity contribution in [2.75, 3.05) is 11.6 Å². The fraction of sp³-hybridized carbons (Fsp3) is 0.150. The molecular weight excluding hydrogens is 409 g/mol. The van der Waals surface area contributed by atoms with Gasteiger partial charge in [0.1, 0.15) is 18.4 Å². The molecule has 1 unspecified atom stereocenters. The van der Waals surface area contributed by atoms with E-state index in [0.29, 0.717) is 17.0 Å². The van der Waals surface area contributed by atoms with Gasteiger partial charge in [0.2, 0.25) is 0 Å². The highest BCUT2D eigenvalue weighted by molar-refractivity contribution is 6.33. The molecule has 29 heavy (non-hydrogen) atoms. The minimum atomic E-state index is -4.48. The first-order chi connectivity index (χ1) is 13.7. The van der Waals surface area contributed by atoms with Gasteiger partial charge in [-0.25, -0.2) is 10.2 Å². The maximum Gasteiger partial charge on any atom is 0.409 e. The standard InChI is InChI=1S/C20H16ClF3N2O3/c21-16-6-1-2-7-17(16)26-14(11-18(25-26)20(22,23)24)12-29-15-5-3-4-13(10-15)8-9-19(27)28/h1-11,18,25H,12H2,(H,27,28)/b9-8+. The maximum atomic E-state index is 13.2. The van der Waals surface area contributed by atoms with Gasteiger partial charge in [0, 0.05) is 6.08 Å². The Morgan fingerprint density at radius 3 is 2.69 bits per heavy atom. The Morgan fingerprint density at radius 1 is 1.24 bits per heavy atom. The van der Waals surface area contributed by atoms with Crippen LogP contribution in [-0.4, -0.2) is 29.9 Å². The van der Waals surface area contributed by atoms with Crippen LogP contribution in [-0.2, 0) is 4.79 Å². The molecule has 0 aromatic heterocycles. The van der Waals surface area contributed by atoms with E-state index in [0.717, 1.165) is 12.2 Å². The third-order valence-corrected chi connectivity index (χ3v) is 4.34. The highest BCUT2D eigenvalue weighted by Gasteiger charge is 2.43. The van der Waals surface area contributed by atoms with Crippen LogP contribution in [0.5, 0.6) is 5.75 Å². The van der Waals surface area contributed by atoms with E-state index in [1.54, 1.807) is 48.5 Å². The Kier molecular flexibility index (Phi) is 6.14. The molecule has 152 valence electrons. The predicted octanol–water partition coefficient (Wildman–Crippen LogP) is 4.66. The number of nitrogens with zero attached hydrogens (tertiary/aromatic N) is 1. The van der Waals surface area contributed by atoms with Gasteiger partial charge in [-0.3, -0.25) is 5.01 Å². The van der Waals surface area contributed by atoms with Gasteiger partial charge in [-0.15, -0.1) is 0 Å². The number of carbonyl (C=O) groups is 1. The summed E-state index contributed by atoms with van der Waals surface area (Å²) in [5, 5.41) is 10.2. The molecule has 0 radical (unpaired) electrons. The molecule has 2 aromatic rings. The average Bonchev–Trinajstić information content (AvgIpc) is 3.10. The molecule has 5 nitrogen and oxygen atoms in total. The second kappa shape index (κ2) is 8.59. The minimum absolute atomic E-state index is 0.156. The van der Waals surface area contributed by atoms with Crippen molar-refractivity contribution >= 4 is 29.3 Å². The molecule has 0 fully saturated rings. The van der Waals surface area contributed by atoms with Gasteiger partial charge in [0.15, 0.2) is 0 Å². The molecule has 1 atom stereocenters. The van der Waals surface area contributed by atoms with Gasteiger partial charge in [0.25, 0.3) is 0 Å². The van der Waals surface area contributed by atoms with E-state index in [9.17, 15) is 18.0 Å². The zero-order valence-corrected chi connectivity index (χ0v) is 15.6. The number of alkyl halides is 3. The first-order valence-electron chi connectivity index (χ1n) is 8.46. The number of benzene rings is 2. The molecule has 0 spiro atoms. The van der Waals surface area contributed by atoms with Gasteiger partial charge in [-0.05, 0) is 42.0 Å². The van der Waals surface area contributed by atoms with Crippen molar-refractivity contribution in [3.63, 3.8) is 0 Å². The molecule has 0 saturated heterocycles. The summed E-state index contributed by atoms with van der Waals surface area (Å²) in [7, 11) is 0. The zero-order chi connectivity index (χ0) is 21.0. The lowest BCUT2D eigenvalue weighted by Crippen LogP contribution is -2.45. The lowest BCUT2D eigenvalue weighted by atomic mass is 10.2. The van der Waals surface area contributed by atoms with E-state index in [1.165, 1.54) is 11.1 Å². The highest BCUT2D eigenvalue weighted by Crippen LogP contribution is 2.33. The molecule has 1 heterocycles. The van der Waals surface area contributed by atoms with E-state index in [-0.39, 0.29) is 17.3 Å². The van der Waals surface area contributed by atoms with Crippen molar-refractivity contribution in [2.45, 2.75) is 12.2 Å². The average molecular weight is 425 g/mol. The third kappa shape index (κ3) is 5.30. The molecule has 2 N–H and O–H groups in total. The number of aliphatic carboxylic acids is 1. The van der Waals surface area contributed by atoms with Crippen LogP contribution < -0.4 is 15.2 Å². The SMILES string of the molecule is O=C(O)/C=C/c1cccc(OCC2=CC(C(F)(F)F)NN2c2ccccc2Cl)c1. The number of halogens is 4. The number of anilines is 1. The first-order valence-corrected chi connectivity index (χ1v) is 8.84. The summed E-state index contributed by atoms with van der Waals surface area (Å²) >= 11 is 6.14. The lowest BCUT2D eigenvalue weighted by Gasteiger charge is -2.25. The molecule has 2 aromatic carbocycles. The van der Waals surface area contributed by atoms with Crippen LogP contribution in [0.15, 0.2) is 66.4 Å². The lowest BCUT2D eigenvalue weighted by molar-refractivity contribution is -0.142. The normalized spacial score (nSPS) is 16.9. The van der Waals surface area contributed by atoms with E-state index in [1.807, 2.05) is 0 Å². The second-order valence-corrected chi connectivity index (χ2v) is 6.53. The molecule has 0 amide bonds. The van der Waals surface area contributed by atoms with Crippen molar-refractivity contribution in [1.82, 2.24) is 5.43 Å². The van der Waals surface area contributed by atoms with Crippen molar-refractivity contribution in [2.24, 2.45) is 0 Å². The monoisotopic (exact) mass is 424 g/mol. The zero-order valence-electron chi connectivity index (χ0n) is 14.9. The number of rotatable bonds is 6. The van der Waals surface area contributed by atoms with E-state index in [2.05, 4.69) is 5.43 Å². The van der Waals surface area contributed by atoms with Crippen LogP contribution in [0.4, 0.5) is 18.9 Å². The van der Waals surface area contributed by atoms with Gasteiger partial charge < -0.3 is 9.84 Å². The topological polar surface area (TPSA) is 61.8 Å². The van der Waals surface area contributed by atoms with Crippen molar-refractivity contribution < 1.29 is 27.8 Å². The van der Waals surface area contributed by atoms with Gasteiger partial charge in [0.05, 0.1) is 16.4 Å². The minimum Gasteiger partial charge on any atom is -0.487 e. The fourth-order valence-electron chi connectivity index (χ4n) is 2.70. The van der Waals surface area contributed by atoms with Crippen LogP contribution in [0.25, 0.3) is 6.08 Å².